The number of aromatic nitrogens is 2. The lowest BCUT2D eigenvalue weighted by molar-refractivity contribution is -0.127. The number of benzene rings is 2. The van der Waals surface area contributed by atoms with Crippen molar-refractivity contribution in [3.05, 3.63) is 83.7 Å². The van der Waals surface area contributed by atoms with E-state index in [0.717, 1.165) is 29.1 Å². The third-order valence-electron chi connectivity index (χ3n) is 6.40. The molecule has 4 rings (SSSR count). The summed E-state index contributed by atoms with van der Waals surface area (Å²) in [5.41, 5.74) is 9.85. The van der Waals surface area contributed by atoms with Crippen LogP contribution in [0.3, 0.4) is 0 Å². The quantitative estimate of drug-likeness (QED) is 0.174. The predicted molar refractivity (Wildman–Crippen MR) is 153 cm³/mol. The predicted octanol–water partition coefficient (Wildman–Crippen LogP) is 4.18. The van der Waals surface area contributed by atoms with Gasteiger partial charge in [-0.25, -0.2) is 9.97 Å². The molecule has 9 nitrogen and oxygen atoms in total. The Labute approximate surface area is 227 Å². The van der Waals surface area contributed by atoms with Crippen molar-refractivity contribution >= 4 is 35.2 Å². The van der Waals surface area contributed by atoms with Gasteiger partial charge in [-0.05, 0) is 61.0 Å². The van der Waals surface area contributed by atoms with Gasteiger partial charge in [-0.1, -0.05) is 36.9 Å². The van der Waals surface area contributed by atoms with E-state index in [1.807, 2.05) is 36.4 Å². The number of nitrogen functional groups attached to an aromatic ring is 1. The van der Waals surface area contributed by atoms with Gasteiger partial charge in [0.15, 0.2) is 0 Å². The van der Waals surface area contributed by atoms with Gasteiger partial charge in [0, 0.05) is 31.2 Å². The standard InChI is InChI=1S/C28H33N7O2S/c1-4-24(36)35-13-5-6-21(16-35)34-28-25(27(30)31-17-32-28)26(29)20-10-8-19(9-11-20)15-33-38-23-14-18(2)7-12-22(23)37-3/h4,7-12,14,17,21,29,33H,1,5-6,13,15-16H2,2-3H3,(H3,30,31,32,34). The van der Waals surface area contributed by atoms with Gasteiger partial charge in [0.25, 0.3) is 0 Å². The lowest BCUT2D eigenvalue weighted by Crippen LogP contribution is -2.44. The molecule has 2 heterocycles. The van der Waals surface area contributed by atoms with Crippen molar-refractivity contribution in [3.63, 3.8) is 0 Å². The molecule has 10 heteroatoms. The summed E-state index contributed by atoms with van der Waals surface area (Å²) in [5.74, 6) is 1.47. The fourth-order valence-corrected chi connectivity index (χ4v) is 5.26. The first-order valence-electron chi connectivity index (χ1n) is 12.4. The molecule has 1 aliphatic heterocycles. The van der Waals surface area contributed by atoms with Gasteiger partial charge in [-0.3, -0.25) is 14.9 Å². The summed E-state index contributed by atoms with van der Waals surface area (Å²) in [4.78, 5) is 23.4. The zero-order valence-corrected chi connectivity index (χ0v) is 22.5. The Hall–Kier alpha value is -3.89. The number of nitrogens with one attached hydrogen (secondary N) is 3. The molecule has 0 aliphatic carbocycles. The van der Waals surface area contributed by atoms with Crippen LogP contribution >= 0.6 is 11.9 Å². The van der Waals surface area contributed by atoms with Gasteiger partial charge in [-0.15, -0.1) is 0 Å². The van der Waals surface area contributed by atoms with E-state index in [2.05, 4.69) is 39.6 Å². The van der Waals surface area contributed by atoms with Crippen LogP contribution in [-0.4, -0.2) is 52.7 Å². The maximum Gasteiger partial charge on any atom is 0.246 e. The second-order valence-electron chi connectivity index (χ2n) is 9.10. The Bertz CT molecular complexity index is 1310. The van der Waals surface area contributed by atoms with Crippen LogP contribution in [0.15, 0.2) is 66.3 Å². The number of carbonyl (C=O) groups excluding carboxylic acids is 1. The van der Waals surface area contributed by atoms with Crippen molar-refractivity contribution < 1.29 is 9.53 Å². The zero-order valence-electron chi connectivity index (χ0n) is 21.7. The van der Waals surface area contributed by atoms with Gasteiger partial charge in [0.2, 0.25) is 5.91 Å². The number of nitrogens with two attached hydrogens (primary N) is 1. The molecule has 3 aromatic rings. The highest BCUT2D eigenvalue weighted by molar-refractivity contribution is 7.97. The van der Waals surface area contributed by atoms with Crippen LogP contribution in [0.25, 0.3) is 0 Å². The average Bonchev–Trinajstić information content (AvgIpc) is 2.93. The van der Waals surface area contributed by atoms with Crippen LogP contribution in [0, 0.1) is 12.3 Å². The second kappa shape index (κ2) is 12.6. The number of hydrogen-bond donors (Lipinski definition) is 4. The Morgan fingerprint density at radius 3 is 2.82 bits per heavy atom. The van der Waals surface area contributed by atoms with Crippen LogP contribution in [0.2, 0.25) is 0 Å². The number of likely N-dealkylation sites (tertiary alicyclic amines) is 1. The minimum atomic E-state index is -0.0855. The molecule has 0 bridgehead atoms. The Morgan fingerprint density at radius 1 is 1.29 bits per heavy atom. The summed E-state index contributed by atoms with van der Waals surface area (Å²) < 4.78 is 8.82. The monoisotopic (exact) mass is 531 g/mol. The van der Waals surface area contributed by atoms with E-state index in [1.165, 1.54) is 29.9 Å². The zero-order chi connectivity index (χ0) is 27.1. The van der Waals surface area contributed by atoms with Gasteiger partial charge < -0.3 is 20.7 Å². The van der Waals surface area contributed by atoms with Crippen molar-refractivity contribution in [2.45, 2.75) is 37.2 Å². The molecular weight excluding hydrogens is 498 g/mol. The molecule has 1 aromatic heterocycles. The number of methoxy groups -OCH3 is 1. The molecule has 1 atom stereocenters. The summed E-state index contributed by atoms with van der Waals surface area (Å²) >= 11 is 1.52. The van der Waals surface area contributed by atoms with Crippen molar-refractivity contribution in [2.24, 2.45) is 0 Å². The normalized spacial score (nSPS) is 15.1. The molecule has 0 saturated carbocycles. The number of rotatable bonds is 10. The lowest BCUT2D eigenvalue weighted by Gasteiger charge is -2.33. The molecule has 1 saturated heterocycles. The number of piperidine rings is 1. The molecule has 1 fully saturated rings. The maximum absolute atomic E-state index is 12.1. The number of aryl methyl sites for hydroxylation is 1. The fourth-order valence-electron chi connectivity index (χ4n) is 4.37. The van der Waals surface area contributed by atoms with Gasteiger partial charge in [0.1, 0.15) is 23.7 Å². The second-order valence-corrected chi connectivity index (χ2v) is 10.0. The van der Waals surface area contributed by atoms with Gasteiger partial charge >= 0.3 is 0 Å². The number of nitrogens with zero attached hydrogens (tertiary/aromatic N) is 3. The molecule has 2 aromatic carbocycles. The first-order chi connectivity index (χ1) is 18.4. The molecule has 38 heavy (non-hydrogen) atoms. The van der Waals surface area contributed by atoms with E-state index in [4.69, 9.17) is 15.9 Å². The number of amides is 1. The molecule has 1 aliphatic rings. The number of ether oxygens (including phenoxy) is 1. The van der Waals surface area contributed by atoms with E-state index in [9.17, 15) is 4.79 Å². The first kappa shape index (κ1) is 27.2. The Kier molecular flexibility index (Phi) is 8.98. The van der Waals surface area contributed by atoms with Crippen molar-refractivity contribution in [2.75, 3.05) is 31.2 Å². The van der Waals surface area contributed by atoms with Crippen LogP contribution in [0.4, 0.5) is 11.6 Å². The topological polar surface area (TPSA) is 129 Å². The molecule has 198 valence electrons. The highest BCUT2D eigenvalue weighted by Gasteiger charge is 2.25. The van der Waals surface area contributed by atoms with Gasteiger partial charge in [0.05, 0.1) is 23.3 Å². The van der Waals surface area contributed by atoms with Crippen LogP contribution in [0.5, 0.6) is 5.75 Å². The van der Waals surface area contributed by atoms with E-state index in [1.54, 1.807) is 12.0 Å². The highest BCUT2D eigenvalue weighted by atomic mass is 32.2. The van der Waals surface area contributed by atoms with E-state index in [-0.39, 0.29) is 23.5 Å². The fraction of sp³-hybridized carbons (Fsp3) is 0.286. The molecular formula is C28H33N7O2S. The molecule has 0 radical (unpaired) electrons. The third kappa shape index (κ3) is 6.51. The smallest absolute Gasteiger partial charge is 0.246 e. The summed E-state index contributed by atoms with van der Waals surface area (Å²) in [6.45, 7) is 7.52. The number of carbonyl (C=O) groups is 1. The van der Waals surface area contributed by atoms with E-state index >= 15 is 0 Å². The maximum atomic E-state index is 12.1. The lowest BCUT2D eigenvalue weighted by atomic mass is 10.0. The molecule has 5 N–H and O–H groups in total. The van der Waals surface area contributed by atoms with Crippen LogP contribution in [-0.2, 0) is 11.3 Å². The van der Waals surface area contributed by atoms with Crippen molar-refractivity contribution in [1.82, 2.24) is 19.6 Å². The minimum absolute atomic E-state index is 0.00789. The average molecular weight is 532 g/mol. The molecule has 1 amide bonds. The van der Waals surface area contributed by atoms with Crippen LogP contribution in [0.1, 0.15) is 35.1 Å². The summed E-state index contributed by atoms with van der Waals surface area (Å²) in [5, 5.41) is 12.3. The summed E-state index contributed by atoms with van der Waals surface area (Å²) in [6.07, 6.45) is 4.48. The largest absolute Gasteiger partial charge is 0.496 e. The van der Waals surface area contributed by atoms with E-state index in [0.29, 0.717) is 36.6 Å². The first-order valence-corrected chi connectivity index (χ1v) is 13.2. The van der Waals surface area contributed by atoms with Crippen LogP contribution < -0.4 is 20.5 Å². The Morgan fingerprint density at radius 2 is 2.08 bits per heavy atom. The van der Waals surface area contributed by atoms with Crippen molar-refractivity contribution in [1.29, 1.82) is 5.41 Å². The third-order valence-corrected chi connectivity index (χ3v) is 7.22. The highest BCUT2D eigenvalue weighted by Crippen LogP contribution is 2.29. The number of anilines is 2. The Balaban J connectivity index is 1.43. The van der Waals surface area contributed by atoms with Gasteiger partial charge in [-0.2, -0.15) is 0 Å². The minimum Gasteiger partial charge on any atom is -0.496 e. The SMILES string of the molecule is C=CC(=O)N1CCCC(Nc2ncnc(N)c2C(=N)c2ccc(CNSc3cc(C)ccc3OC)cc2)C1. The molecule has 1 unspecified atom stereocenters. The van der Waals surface area contributed by atoms with E-state index < -0.39 is 0 Å². The summed E-state index contributed by atoms with van der Waals surface area (Å²) in [6, 6.07) is 13.8. The summed E-state index contributed by atoms with van der Waals surface area (Å²) in [7, 11) is 1.67. The molecule has 0 spiro atoms. The van der Waals surface area contributed by atoms with Crippen molar-refractivity contribution in [3.8, 4) is 5.75 Å². The number of hydrogen-bond acceptors (Lipinski definition) is 9.